The molecule has 6 nitrogen and oxygen atoms in total. The Morgan fingerprint density at radius 3 is 2.44 bits per heavy atom. The summed E-state index contributed by atoms with van der Waals surface area (Å²) in [7, 11) is 0. The lowest BCUT2D eigenvalue weighted by Crippen LogP contribution is -2.36. The van der Waals surface area contributed by atoms with Crippen LogP contribution in [0.1, 0.15) is 49.0 Å². The van der Waals surface area contributed by atoms with Gasteiger partial charge in [-0.05, 0) is 30.0 Å². The third-order valence-electron chi connectivity index (χ3n) is 4.21. The van der Waals surface area contributed by atoms with Gasteiger partial charge >= 0.3 is 5.97 Å². The van der Waals surface area contributed by atoms with Crippen molar-refractivity contribution in [2.75, 3.05) is 19.6 Å². The smallest absolute Gasteiger partial charge is 0.305 e. The first-order valence-corrected chi connectivity index (χ1v) is 8.74. The first-order chi connectivity index (χ1) is 11.9. The highest BCUT2D eigenvalue weighted by atomic mass is 16.4. The number of aliphatic carboxylic acids is 1. The van der Waals surface area contributed by atoms with Crippen molar-refractivity contribution in [2.45, 2.75) is 39.7 Å². The van der Waals surface area contributed by atoms with Gasteiger partial charge in [-0.1, -0.05) is 26.0 Å². The van der Waals surface area contributed by atoms with Gasteiger partial charge in [0.25, 0.3) is 5.91 Å². The standard InChI is InChI=1S/C19H26N2O4/c1-14(2)12-21(11-9-18(23)24)19(25)16-7-5-15(6-8-16)13-20-10-3-4-17(20)22/h5-8,14H,3-4,9-13H2,1-2H3,(H,23,24). The summed E-state index contributed by atoms with van der Waals surface area (Å²) in [6.45, 7) is 6.08. The monoisotopic (exact) mass is 346 g/mol. The van der Waals surface area contributed by atoms with Crippen LogP contribution in [0.3, 0.4) is 0 Å². The van der Waals surface area contributed by atoms with Gasteiger partial charge in [0.05, 0.1) is 6.42 Å². The van der Waals surface area contributed by atoms with Crippen LogP contribution in [0.2, 0.25) is 0 Å². The Hall–Kier alpha value is -2.37. The SMILES string of the molecule is CC(C)CN(CCC(=O)O)C(=O)c1ccc(CN2CCCC2=O)cc1. The number of benzene rings is 1. The van der Waals surface area contributed by atoms with Gasteiger partial charge in [0.2, 0.25) is 5.91 Å². The molecule has 136 valence electrons. The van der Waals surface area contributed by atoms with E-state index in [1.807, 2.05) is 30.9 Å². The lowest BCUT2D eigenvalue weighted by atomic mass is 10.1. The number of carbonyl (C=O) groups is 3. The van der Waals surface area contributed by atoms with Gasteiger partial charge in [-0.3, -0.25) is 14.4 Å². The molecule has 1 saturated heterocycles. The van der Waals surface area contributed by atoms with Gasteiger partial charge in [-0.25, -0.2) is 0 Å². The number of nitrogens with zero attached hydrogens (tertiary/aromatic N) is 2. The zero-order chi connectivity index (χ0) is 18.4. The molecule has 1 aliphatic heterocycles. The molecule has 1 fully saturated rings. The molecule has 1 heterocycles. The van der Waals surface area contributed by atoms with E-state index in [-0.39, 0.29) is 30.7 Å². The molecule has 1 aromatic carbocycles. The fourth-order valence-corrected chi connectivity index (χ4v) is 2.97. The van der Waals surface area contributed by atoms with Crippen LogP contribution in [0, 0.1) is 5.92 Å². The summed E-state index contributed by atoms with van der Waals surface area (Å²) in [5.41, 5.74) is 1.54. The highest BCUT2D eigenvalue weighted by Crippen LogP contribution is 2.16. The molecule has 1 aromatic rings. The molecule has 6 heteroatoms. The Morgan fingerprint density at radius 2 is 1.92 bits per heavy atom. The van der Waals surface area contributed by atoms with E-state index in [1.165, 1.54) is 0 Å². The van der Waals surface area contributed by atoms with Gasteiger partial charge < -0.3 is 14.9 Å². The van der Waals surface area contributed by atoms with E-state index in [0.717, 1.165) is 18.5 Å². The molecule has 25 heavy (non-hydrogen) atoms. The van der Waals surface area contributed by atoms with Crippen LogP contribution < -0.4 is 0 Å². The van der Waals surface area contributed by atoms with Crippen molar-refractivity contribution in [1.29, 1.82) is 0 Å². The molecular weight excluding hydrogens is 320 g/mol. The first kappa shape index (κ1) is 19.0. The lowest BCUT2D eigenvalue weighted by Gasteiger charge is -2.24. The second-order valence-electron chi connectivity index (χ2n) is 6.90. The Morgan fingerprint density at radius 1 is 1.24 bits per heavy atom. The van der Waals surface area contributed by atoms with E-state index < -0.39 is 5.97 Å². The Kier molecular flexibility index (Phi) is 6.56. The minimum absolute atomic E-state index is 0.0619. The first-order valence-electron chi connectivity index (χ1n) is 8.74. The summed E-state index contributed by atoms with van der Waals surface area (Å²) < 4.78 is 0. The second kappa shape index (κ2) is 8.65. The number of carbonyl (C=O) groups excluding carboxylic acids is 2. The van der Waals surface area contributed by atoms with Crippen molar-refractivity contribution in [1.82, 2.24) is 9.80 Å². The number of amides is 2. The maximum Gasteiger partial charge on any atom is 0.305 e. The Balaban J connectivity index is 2.03. The quantitative estimate of drug-likeness (QED) is 0.784. The molecule has 0 saturated carbocycles. The molecular formula is C19H26N2O4. The van der Waals surface area contributed by atoms with Crippen molar-refractivity contribution < 1.29 is 19.5 Å². The number of rotatable bonds is 8. The van der Waals surface area contributed by atoms with Crippen molar-refractivity contribution >= 4 is 17.8 Å². The molecule has 2 amide bonds. The van der Waals surface area contributed by atoms with Crippen LogP contribution >= 0.6 is 0 Å². The number of likely N-dealkylation sites (tertiary alicyclic amines) is 1. The molecule has 0 aromatic heterocycles. The van der Waals surface area contributed by atoms with Crippen LogP contribution in [-0.4, -0.2) is 52.3 Å². The van der Waals surface area contributed by atoms with Gasteiger partial charge in [0.15, 0.2) is 0 Å². The summed E-state index contributed by atoms with van der Waals surface area (Å²) >= 11 is 0. The Labute approximate surface area is 148 Å². The molecule has 2 rings (SSSR count). The minimum Gasteiger partial charge on any atom is -0.481 e. The van der Waals surface area contributed by atoms with Crippen LogP contribution in [0.15, 0.2) is 24.3 Å². The fourth-order valence-electron chi connectivity index (χ4n) is 2.97. The van der Waals surface area contributed by atoms with E-state index in [9.17, 15) is 14.4 Å². The molecule has 0 aliphatic carbocycles. The van der Waals surface area contributed by atoms with Crippen LogP contribution in [-0.2, 0) is 16.1 Å². The average Bonchev–Trinajstić information content (AvgIpc) is 2.96. The van der Waals surface area contributed by atoms with Gasteiger partial charge in [-0.2, -0.15) is 0 Å². The summed E-state index contributed by atoms with van der Waals surface area (Å²) in [4.78, 5) is 38.6. The summed E-state index contributed by atoms with van der Waals surface area (Å²) in [5.74, 6) is -0.624. The highest BCUT2D eigenvalue weighted by molar-refractivity contribution is 5.94. The summed E-state index contributed by atoms with van der Waals surface area (Å²) in [6, 6.07) is 7.24. The topological polar surface area (TPSA) is 77.9 Å². The maximum atomic E-state index is 12.7. The Bertz CT molecular complexity index is 625. The molecule has 1 N–H and O–H groups in total. The van der Waals surface area contributed by atoms with Crippen molar-refractivity contribution in [2.24, 2.45) is 5.92 Å². The molecule has 0 spiro atoms. The maximum absolute atomic E-state index is 12.7. The van der Waals surface area contributed by atoms with Gasteiger partial charge in [0, 0.05) is 38.2 Å². The van der Waals surface area contributed by atoms with Gasteiger partial charge in [0.1, 0.15) is 0 Å². The normalized spacial score (nSPS) is 14.2. The lowest BCUT2D eigenvalue weighted by molar-refractivity contribution is -0.137. The van der Waals surface area contributed by atoms with Crippen molar-refractivity contribution in [3.05, 3.63) is 35.4 Å². The molecule has 1 aliphatic rings. The third kappa shape index (κ3) is 5.59. The minimum atomic E-state index is -0.910. The van der Waals surface area contributed by atoms with E-state index >= 15 is 0 Å². The van der Waals surface area contributed by atoms with Crippen LogP contribution in [0.5, 0.6) is 0 Å². The van der Waals surface area contributed by atoms with Crippen molar-refractivity contribution in [3.63, 3.8) is 0 Å². The predicted molar refractivity (Wildman–Crippen MR) is 94.1 cm³/mol. The van der Waals surface area contributed by atoms with E-state index in [4.69, 9.17) is 5.11 Å². The van der Waals surface area contributed by atoms with E-state index in [2.05, 4.69) is 0 Å². The molecule has 0 atom stereocenters. The highest BCUT2D eigenvalue weighted by Gasteiger charge is 2.21. The van der Waals surface area contributed by atoms with E-state index in [0.29, 0.717) is 25.1 Å². The molecule has 0 unspecified atom stereocenters. The zero-order valence-corrected chi connectivity index (χ0v) is 14.9. The summed E-state index contributed by atoms with van der Waals surface area (Å²) in [6.07, 6.45) is 1.46. The van der Waals surface area contributed by atoms with Crippen LogP contribution in [0.4, 0.5) is 0 Å². The molecule has 0 bridgehead atoms. The second-order valence-corrected chi connectivity index (χ2v) is 6.90. The predicted octanol–water partition coefficient (Wildman–Crippen LogP) is 2.38. The zero-order valence-electron chi connectivity index (χ0n) is 14.9. The van der Waals surface area contributed by atoms with E-state index in [1.54, 1.807) is 17.0 Å². The fraction of sp³-hybridized carbons (Fsp3) is 0.526. The van der Waals surface area contributed by atoms with Crippen LogP contribution in [0.25, 0.3) is 0 Å². The molecule has 0 radical (unpaired) electrons. The summed E-state index contributed by atoms with van der Waals surface area (Å²) in [5, 5.41) is 8.87. The number of hydrogen-bond donors (Lipinski definition) is 1. The largest absolute Gasteiger partial charge is 0.481 e. The van der Waals surface area contributed by atoms with Gasteiger partial charge in [-0.15, -0.1) is 0 Å². The number of hydrogen-bond acceptors (Lipinski definition) is 3. The third-order valence-corrected chi connectivity index (χ3v) is 4.21. The average molecular weight is 346 g/mol. The van der Waals surface area contributed by atoms with Crippen molar-refractivity contribution in [3.8, 4) is 0 Å². The number of carboxylic acids is 1. The number of carboxylic acid groups (broad SMARTS) is 1.